The third kappa shape index (κ3) is 2.69. The van der Waals surface area contributed by atoms with Gasteiger partial charge >= 0.3 is 0 Å². The lowest BCUT2D eigenvalue weighted by molar-refractivity contribution is 1.24. The SMILES string of the molecule is C=C(Cc1c(C)cc(C)c2ccccc12)c1ccc(C)cc1. The van der Waals surface area contributed by atoms with Crippen molar-refractivity contribution in [3.8, 4) is 0 Å². The molecule has 0 atom stereocenters. The molecular formula is C22H22. The van der Waals surface area contributed by atoms with Crippen LogP contribution in [-0.2, 0) is 6.42 Å². The summed E-state index contributed by atoms with van der Waals surface area (Å²) in [5, 5.41) is 2.70. The van der Waals surface area contributed by atoms with E-state index in [0.29, 0.717) is 0 Å². The smallest absolute Gasteiger partial charge is 0.00169 e. The third-order valence-electron chi connectivity index (χ3n) is 4.44. The summed E-state index contributed by atoms with van der Waals surface area (Å²) in [6.07, 6.45) is 0.898. The molecule has 0 saturated carbocycles. The lowest BCUT2D eigenvalue weighted by atomic mass is 9.90. The zero-order valence-corrected chi connectivity index (χ0v) is 13.6. The minimum absolute atomic E-state index is 0.898. The van der Waals surface area contributed by atoms with E-state index in [-0.39, 0.29) is 0 Å². The zero-order valence-electron chi connectivity index (χ0n) is 13.6. The molecule has 0 saturated heterocycles. The minimum Gasteiger partial charge on any atom is -0.0949 e. The molecule has 0 bridgehead atoms. The van der Waals surface area contributed by atoms with E-state index in [2.05, 4.69) is 81.9 Å². The first-order valence-corrected chi connectivity index (χ1v) is 7.79. The normalized spacial score (nSPS) is 10.9. The van der Waals surface area contributed by atoms with Crippen molar-refractivity contribution >= 4 is 16.3 Å². The highest BCUT2D eigenvalue weighted by molar-refractivity contribution is 5.91. The van der Waals surface area contributed by atoms with Gasteiger partial charge in [-0.1, -0.05) is 66.7 Å². The predicted molar refractivity (Wildman–Crippen MR) is 97.3 cm³/mol. The first kappa shape index (κ1) is 14.6. The Hall–Kier alpha value is -2.34. The van der Waals surface area contributed by atoms with E-state index in [9.17, 15) is 0 Å². The molecule has 0 heterocycles. The fourth-order valence-electron chi connectivity index (χ4n) is 3.13. The van der Waals surface area contributed by atoms with Gasteiger partial charge in [-0.15, -0.1) is 0 Å². The van der Waals surface area contributed by atoms with Crippen LogP contribution in [0.2, 0.25) is 0 Å². The van der Waals surface area contributed by atoms with Crippen LogP contribution in [0.4, 0.5) is 0 Å². The summed E-state index contributed by atoms with van der Waals surface area (Å²) < 4.78 is 0. The minimum atomic E-state index is 0.898. The van der Waals surface area contributed by atoms with Crippen molar-refractivity contribution < 1.29 is 0 Å². The zero-order chi connectivity index (χ0) is 15.7. The fourth-order valence-corrected chi connectivity index (χ4v) is 3.13. The van der Waals surface area contributed by atoms with Gasteiger partial charge in [-0.05, 0) is 65.8 Å². The molecule has 3 aromatic carbocycles. The molecule has 0 fully saturated rings. The van der Waals surface area contributed by atoms with Gasteiger partial charge in [-0.25, -0.2) is 0 Å². The van der Waals surface area contributed by atoms with Gasteiger partial charge in [0.1, 0.15) is 0 Å². The highest BCUT2D eigenvalue weighted by Gasteiger charge is 2.09. The summed E-state index contributed by atoms with van der Waals surface area (Å²) in [6, 6.07) is 19.6. The average molecular weight is 286 g/mol. The number of fused-ring (bicyclic) bond motifs is 1. The highest BCUT2D eigenvalue weighted by atomic mass is 14.1. The second-order valence-electron chi connectivity index (χ2n) is 6.18. The van der Waals surface area contributed by atoms with Crippen molar-refractivity contribution in [3.63, 3.8) is 0 Å². The molecule has 0 aliphatic rings. The van der Waals surface area contributed by atoms with Crippen LogP contribution in [0.3, 0.4) is 0 Å². The molecular weight excluding hydrogens is 264 g/mol. The Kier molecular flexibility index (Phi) is 3.85. The Bertz CT molecular complexity index is 836. The summed E-state index contributed by atoms with van der Waals surface area (Å²) in [6.45, 7) is 10.8. The van der Waals surface area contributed by atoms with Crippen LogP contribution in [0.15, 0.2) is 61.2 Å². The molecule has 0 radical (unpaired) electrons. The van der Waals surface area contributed by atoms with E-state index in [1.54, 1.807) is 0 Å². The highest BCUT2D eigenvalue weighted by Crippen LogP contribution is 2.29. The van der Waals surface area contributed by atoms with Crippen molar-refractivity contribution in [3.05, 3.63) is 89.0 Å². The molecule has 0 aromatic heterocycles. The van der Waals surface area contributed by atoms with Crippen molar-refractivity contribution in [2.75, 3.05) is 0 Å². The van der Waals surface area contributed by atoms with Gasteiger partial charge in [0.2, 0.25) is 0 Å². The summed E-state index contributed by atoms with van der Waals surface area (Å²) in [4.78, 5) is 0. The van der Waals surface area contributed by atoms with Crippen LogP contribution in [0.5, 0.6) is 0 Å². The van der Waals surface area contributed by atoms with E-state index < -0.39 is 0 Å². The number of aryl methyl sites for hydroxylation is 3. The first-order chi connectivity index (χ1) is 10.6. The van der Waals surface area contributed by atoms with Crippen LogP contribution in [0.1, 0.15) is 27.8 Å². The van der Waals surface area contributed by atoms with Gasteiger partial charge in [0.25, 0.3) is 0 Å². The van der Waals surface area contributed by atoms with Crippen molar-refractivity contribution in [1.29, 1.82) is 0 Å². The van der Waals surface area contributed by atoms with E-state index in [1.807, 2.05) is 0 Å². The summed E-state index contributed by atoms with van der Waals surface area (Å²) >= 11 is 0. The summed E-state index contributed by atoms with van der Waals surface area (Å²) in [5.74, 6) is 0. The van der Waals surface area contributed by atoms with E-state index in [4.69, 9.17) is 0 Å². The first-order valence-electron chi connectivity index (χ1n) is 7.79. The Morgan fingerprint density at radius 3 is 2.14 bits per heavy atom. The molecule has 3 aromatic rings. The maximum atomic E-state index is 4.32. The monoisotopic (exact) mass is 286 g/mol. The Morgan fingerprint density at radius 1 is 0.818 bits per heavy atom. The standard InChI is InChI=1S/C22H22/c1-15-9-11-19(12-10-15)16(2)14-22-18(4)13-17(3)20-7-5-6-8-21(20)22/h5-13H,2,14H2,1,3-4H3. The van der Waals surface area contributed by atoms with Crippen LogP contribution in [0.25, 0.3) is 16.3 Å². The summed E-state index contributed by atoms with van der Waals surface area (Å²) in [5.41, 5.74) is 7.79. The summed E-state index contributed by atoms with van der Waals surface area (Å²) in [7, 11) is 0. The maximum absolute atomic E-state index is 4.32. The number of hydrogen-bond acceptors (Lipinski definition) is 0. The van der Waals surface area contributed by atoms with E-state index >= 15 is 0 Å². The molecule has 110 valence electrons. The van der Waals surface area contributed by atoms with E-state index in [0.717, 1.165) is 6.42 Å². The molecule has 0 unspecified atom stereocenters. The predicted octanol–water partition coefficient (Wildman–Crippen LogP) is 6.02. The van der Waals surface area contributed by atoms with Gasteiger partial charge in [-0.2, -0.15) is 0 Å². The molecule has 0 amide bonds. The third-order valence-corrected chi connectivity index (χ3v) is 4.44. The number of hydrogen-bond donors (Lipinski definition) is 0. The second-order valence-corrected chi connectivity index (χ2v) is 6.18. The van der Waals surface area contributed by atoms with Gasteiger partial charge in [0.15, 0.2) is 0 Å². The maximum Gasteiger partial charge on any atom is -0.00169 e. The van der Waals surface area contributed by atoms with Gasteiger partial charge in [0, 0.05) is 0 Å². The van der Waals surface area contributed by atoms with E-state index in [1.165, 1.54) is 44.2 Å². The molecule has 0 aliphatic heterocycles. The second kappa shape index (κ2) is 5.81. The molecule has 3 rings (SSSR count). The van der Waals surface area contributed by atoms with Gasteiger partial charge in [0.05, 0.1) is 0 Å². The number of benzene rings is 3. The number of allylic oxidation sites excluding steroid dienone is 1. The van der Waals surface area contributed by atoms with Crippen LogP contribution in [-0.4, -0.2) is 0 Å². The molecule has 22 heavy (non-hydrogen) atoms. The average Bonchev–Trinajstić information content (AvgIpc) is 2.52. The van der Waals surface area contributed by atoms with Crippen molar-refractivity contribution in [2.45, 2.75) is 27.2 Å². The molecule has 0 aliphatic carbocycles. The topological polar surface area (TPSA) is 0 Å². The van der Waals surface area contributed by atoms with Gasteiger partial charge in [-0.3, -0.25) is 0 Å². The quantitative estimate of drug-likeness (QED) is 0.552. The lowest BCUT2D eigenvalue weighted by Gasteiger charge is -2.14. The Morgan fingerprint density at radius 2 is 1.45 bits per heavy atom. The van der Waals surface area contributed by atoms with Crippen LogP contribution < -0.4 is 0 Å². The molecule has 0 heteroatoms. The Balaban J connectivity index is 2.03. The number of rotatable bonds is 3. The van der Waals surface area contributed by atoms with Crippen molar-refractivity contribution in [1.82, 2.24) is 0 Å². The molecule has 0 nitrogen and oxygen atoms in total. The largest absolute Gasteiger partial charge is 0.0949 e. The molecule has 0 N–H and O–H groups in total. The van der Waals surface area contributed by atoms with Crippen LogP contribution in [0, 0.1) is 20.8 Å². The van der Waals surface area contributed by atoms with Crippen molar-refractivity contribution in [2.24, 2.45) is 0 Å². The lowest BCUT2D eigenvalue weighted by Crippen LogP contribution is -1.96. The van der Waals surface area contributed by atoms with Crippen LogP contribution >= 0.6 is 0 Å². The fraction of sp³-hybridized carbons (Fsp3) is 0.182. The Labute approximate surface area is 133 Å². The molecule has 0 spiro atoms. The van der Waals surface area contributed by atoms with Gasteiger partial charge < -0.3 is 0 Å².